The second-order valence-corrected chi connectivity index (χ2v) is 10.9. The van der Waals surface area contributed by atoms with Crippen molar-refractivity contribution in [2.24, 2.45) is 0 Å². The molecular weight excluding hydrogens is 462 g/mol. The van der Waals surface area contributed by atoms with E-state index in [1.54, 1.807) is 12.3 Å². The second-order valence-electron chi connectivity index (χ2n) is 8.33. The first kappa shape index (κ1) is 24.9. The lowest BCUT2D eigenvalue weighted by Crippen LogP contribution is -2.19. The van der Waals surface area contributed by atoms with E-state index >= 15 is 0 Å². The molecule has 176 valence electrons. The van der Waals surface area contributed by atoms with Crippen molar-refractivity contribution in [2.45, 2.75) is 45.0 Å². The lowest BCUT2D eigenvalue weighted by Gasteiger charge is -2.26. The molecule has 0 N–H and O–H groups in total. The Labute approximate surface area is 200 Å². The summed E-state index contributed by atoms with van der Waals surface area (Å²) < 4.78 is 34.3. The molecule has 0 saturated heterocycles. The van der Waals surface area contributed by atoms with Crippen molar-refractivity contribution in [2.75, 3.05) is 12.9 Å². The highest BCUT2D eigenvalue weighted by Crippen LogP contribution is 2.35. The minimum absolute atomic E-state index is 0.199. The van der Waals surface area contributed by atoms with Gasteiger partial charge in [0.15, 0.2) is 9.84 Å². The van der Waals surface area contributed by atoms with Gasteiger partial charge in [-0.15, -0.1) is 0 Å². The van der Waals surface area contributed by atoms with Crippen LogP contribution in [0.15, 0.2) is 48.8 Å². The molecule has 1 aromatic carbocycles. The third-order valence-corrected chi connectivity index (χ3v) is 6.14. The summed E-state index contributed by atoms with van der Waals surface area (Å²) in [6.07, 6.45) is 5.37. The summed E-state index contributed by atoms with van der Waals surface area (Å²) in [5.41, 5.74) is 2.34. The summed E-state index contributed by atoms with van der Waals surface area (Å²) in [7, 11) is -3.20. The van der Waals surface area contributed by atoms with Crippen LogP contribution in [0.25, 0.3) is 0 Å². The molecule has 0 unspecified atom stereocenters. The van der Waals surface area contributed by atoms with E-state index in [4.69, 9.17) is 21.1 Å². The number of rotatable bonds is 10. The average Bonchev–Trinajstić information content (AvgIpc) is 2.76. The molecule has 7 nitrogen and oxygen atoms in total. The Morgan fingerprint density at radius 2 is 1.76 bits per heavy atom. The summed E-state index contributed by atoms with van der Waals surface area (Å²) >= 11 is 6.38. The van der Waals surface area contributed by atoms with Gasteiger partial charge >= 0.3 is 0 Å². The predicted molar refractivity (Wildman–Crippen MR) is 129 cm³/mol. The molecule has 0 aliphatic rings. The lowest BCUT2D eigenvalue weighted by atomic mass is 9.79. The van der Waals surface area contributed by atoms with Crippen molar-refractivity contribution in [3.05, 3.63) is 76.5 Å². The number of nitrogens with zero attached hydrogens (tertiary/aromatic N) is 3. The molecule has 0 amide bonds. The molecular formula is C24H28ClN3O4S. The highest BCUT2D eigenvalue weighted by atomic mass is 35.5. The van der Waals surface area contributed by atoms with Crippen LogP contribution < -0.4 is 9.47 Å². The van der Waals surface area contributed by atoms with E-state index in [-0.39, 0.29) is 23.6 Å². The maximum absolute atomic E-state index is 11.5. The fourth-order valence-corrected chi connectivity index (χ4v) is 4.02. The number of sulfone groups is 1. The largest absolute Gasteiger partial charge is 0.487 e. The monoisotopic (exact) mass is 489 g/mol. The van der Waals surface area contributed by atoms with Gasteiger partial charge in [-0.3, -0.25) is 0 Å². The van der Waals surface area contributed by atoms with Crippen molar-refractivity contribution in [1.29, 1.82) is 0 Å². The van der Waals surface area contributed by atoms with Crippen molar-refractivity contribution in [3.63, 3.8) is 0 Å². The van der Waals surface area contributed by atoms with Crippen LogP contribution >= 0.6 is 11.6 Å². The zero-order chi connectivity index (χ0) is 24.1. The predicted octanol–water partition coefficient (Wildman–Crippen LogP) is 4.76. The molecule has 0 aliphatic carbocycles. The Morgan fingerprint density at radius 3 is 2.39 bits per heavy atom. The van der Waals surface area contributed by atoms with Crippen molar-refractivity contribution >= 4 is 21.4 Å². The van der Waals surface area contributed by atoms with Crippen LogP contribution in [0.5, 0.6) is 11.6 Å². The van der Waals surface area contributed by atoms with Gasteiger partial charge in [-0.1, -0.05) is 44.5 Å². The van der Waals surface area contributed by atoms with Crippen LogP contribution in [0.2, 0.25) is 5.02 Å². The Hall–Kier alpha value is -2.71. The zero-order valence-corrected chi connectivity index (χ0v) is 20.8. The number of aromatic nitrogens is 3. The quantitative estimate of drug-likeness (QED) is 0.405. The first-order chi connectivity index (χ1) is 15.6. The van der Waals surface area contributed by atoms with Crippen LogP contribution in [0.1, 0.15) is 49.8 Å². The molecule has 0 radical (unpaired) electrons. The Balaban J connectivity index is 1.68. The Morgan fingerprint density at radius 1 is 1.03 bits per heavy atom. The summed E-state index contributed by atoms with van der Waals surface area (Å²) in [6, 6.07) is 11.4. The van der Waals surface area contributed by atoms with Crippen LogP contribution in [0.4, 0.5) is 0 Å². The number of halogens is 1. The van der Waals surface area contributed by atoms with Crippen molar-refractivity contribution in [1.82, 2.24) is 15.0 Å². The highest BCUT2D eigenvalue weighted by Gasteiger charge is 2.25. The van der Waals surface area contributed by atoms with E-state index in [0.717, 1.165) is 23.8 Å². The number of hydrogen-bond acceptors (Lipinski definition) is 7. The third kappa shape index (κ3) is 6.88. The van der Waals surface area contributed by atoms with Crippen LogP contribution in [0, 0.1) is 0 Å². The van der Waals surface area contributed by atoms with Gasteiger partial charge in [0.1, 0.15) is 29.0 Å². The van der Waals surface area contributed by atoms with E-state index in [0.29, 0.717) is 29.0 Å². The molecule has 0 aliphatic heterocycles. The standard InChI is InChI=1S/C24H28ClN3O4S/c1-5-12-31-23-21(25)13-18(14-27-23)24(2,3)17-6-8-20(9-7-17)32-15-19-10-11-26-22(28-19)16-33(4,29)30/h6-11,13-14H,5,12,15-16H2,1-4H3. The molecule has 2 heterocycles. The maximum atomic E-state index is 11.5. The van der Waals surface area contributed by atoms with E-state index in [9.17, 15) is 8.42 Å². The first-order valence-electron chi connectivity index (χ1n) is 10.6. The van der Waals surface area contributed by atoms with Gasteiger partial charge < -0.3 is 9.47 Å². The fraction of sp³-hybridized carbons (Fsp3) is 0.375. The molecule has 33 heavy (non-hydrogen) atoms. The van der Waals surface area contributed by atoms with E-state index < -0.39 is 9.84 Å². The molecule has 0 saturated carbocycles. The summed E-state index contributed by atoms with van der Waals surface area (Å²) in [5.74, 6) is 1.19. The minimum atomic E-state index is -3.20. The van der Waals surface area contributed by atoms with Gasteiger partial charge in [0.2, 0.25) is 5.88 Å². The van der Waals surface area contributed by atoms with Gasteiger partial charge in [-0.05, 0) is 41.8 Å². The smallest absolute Gasteiger partial charge is 0.232 e. The lowest BCUT2D eigenvalue weighted by molar-refractivity contribution is 0.300. The Kier molecular flexibility index (Phi) is 7.92. The molecule has 2 aromatic heterocycles. The number of benzene rings is 1. The topological polar surface area (TPSA) is 91.3 Å². The molecule has 3 rings (SSSR count). The van der Waals surface area contributed by atoms with Crippen molar-refractivity contribution < 1.29 is 17.9 Å². The molecule has 3 aromatic rings. The minimum Gasteiger partial charge on any atom is -0.487 e. The van der Waals surface area contributed by atoms with Crippen LogP contribution in [0.3, 0.4) is 0 Å². The van der Waals surface area contributed by atoms with Gasteiger partial charge in [-0.2, -0.15) is 0 Å². The highest BCUT2D eigenvalue weighted by molar-refractivity contribution is 7.89. The fourth-order valence-electron chi connectivity index (χ4n) is 3.19. The second kappa shape index (κ2) is 10.5. The SMILES string of the molecule is CCCOc1ncc(C(C)(C)c2ccc(OCc3ccnc(CS(C)(=O)=O)n3)cc2)cc1Cl. The molecule has 0 spiro atoms. The Bertz CT molecular complexity index is 1200. The summed E-state index contributed by atoms with van der Waals surface area (Å²) in [6.45, 7) is 7.02. The molecule has 0 bridgehead atoms. The van der Waals surface area contributed by atoms with E-state index in [1.165, 1.54) is 6.20 Å². The third-order valence-electron chi connectivity index (χ3n) is 5.09. The van der Waals surface area contributed by atoms with Gasteiger partial charge in [0.25, 0.3) is 0 Å². The summed E-state index contributed by atoms with van der Waals surface area (Å²) in [5, 5.41) is 0.495. The number of hydrogen-bond donors (Lipinski definition) is 0. The van der Waals surface area contributed by atoms with Crippen LogP contribution in [-0.4, -0.2) is 36.2 Å². The molecule has 9 heteroatoms. The van der Waals surface area contributed by atoms with Gasteiger partial charge in [-0.25, -0.2) is 23.4 Å². The maximum Gasteiger partial charge on any atom is 0.232 e. The normalized spacial score (nSPS) is 11.9. The molecule has 0 fully saturated rings. The van der Waals surface area contributed by atoms with E-state index in [2.05, 4.69) is 28.8 Å². The summed E-state index contributed by atoms with van der Waals surface area (Å²) in [4.78, 5) is 12.7. The first-order valence-corrected chi connectivity index (χ1v) is 13.0. The number of ether oxygens (including phenoxy) is 2. The van der Waals surface area contributed by atoms with Gasteiger partial charge in [0.05, 0.1) is 12.3 Å². The van der Waals surface area contributed by atoms with Crippen molar-refractivity contribution in [3.8, 4) is 11.6 Å². The van der Waals surface area contributed by atoms with Crippen LogP contribution in [-0.2, 0) is 27.6 Å². The molecule has 0 atom stereocenters. The zero-order valence-electron chi connectivity index (χ0n) is 19.2. The number of pyridine rings is 1. The van der Waals surface area contributed by atoms with E-state index in [1.807, 2.05) is 37.3 Å². The van der Waals surface area contributed by atoms with Gasteiger partial charge in [0, 0.05) is 24.1 Å². The average molecular weight is 490 g/mol.